The number of carboxylic acid groups (broad SMARTS) is 2. The summed E-state index contributed by atoms with van der Waals surface area (Å²) in [5.41, 5.74) is 1.50. The topological polar surface area (TPSA) is 133 Å². The maximum atomic E-state index is 11.9. The highest BCUT2D eigenvalue weighted by atomic mass is 33.1. The second kappa shape index (κ2) is 14.6. The molecule has 0 atom stereocenters. The van der Waals surface area contributed by atoms with Gasteiger partial charge in [-0.05, 0) is 17.7 Å². The van der Waals surface area contributed by atoms with Gasteiger partial charge in [0.1, 0.15) is 0 Å². The van der Waals surface area contributed by atoms with E-state index >= 15 is 0 Å². The van der Waals surface area contributed by atoms with Gasteiger partial charge in [-0.25, -0.2) is 4.79 Å². The number of nitrogens with one attached hydrogen (secondary N) is 2. The Labute approximate surface area is 178 Å². The van der Waals surface area contributed by atoms with E-state index < -0.39 is 18.1 Å². The molecule has 0 saturated carbocycles. The highest BCUT2D eigenvalue weighted by Gasteiger charge is 2.38. The molecule has 13 heteroatoms. The van der Waals surface area contributed by atoms with E-state index in [0.29, 0.717) is 24.4 Å². The van der Waals surface area contributed by atoms with Gasteiger partial charge in [0.15, 0.2) is 0 Å². The van der Waals surface area contributed by atoms with E-state index in [1.54, 1.807) is 35.1 Å². The highest BCUT2D eigenvalue weighted by molar-refractivity contribution is 8.76. The molecular formula is C17H21F3N2O6S2. The lowest BCUT2D eigenvalue weighted by Crippen LogP contribution is -2.25. The normalized spacial score (nSPS) is 10.4. The number of carbonyl (C=O) groups excluding carboxylic acids is 2. The summed E-state index contributed by atoms with van der Waals surface area (Å²) in [6.07, 6.45) is -4.94. The molecule has 0 heterocycles. The Hall–Kier alpha value is -2.41. The minimum Gasteiger partial charge on any atom is -0.481 e. The number of aliphatic carboxylic acids is 2. The molecule has 0 fully saturated rings. The van der Waals surface area contributed by atoms with Crippen molar-refractivity contribution in [3.05, 3.63) is 35.4 Å². The molecule has 0 aliphatic carbocycles. The Kier molecular flexibility index (Phi) is 13.4. The quantitative estimate of drug-likeness (QED) is 0.303. The average molecular weight is 470 g/mol. The molecule has 0 saturated heterocycles. The van der Waals surface area contributed by atoms with Crippen molar-refractivity contribution in [1.29, 1.82) is 0 Å². The van der Waals surface area contributed by atoms with Gasteiger partial charge in [-0.2, -0.15) is 13.2 Å². The van der Waals surface area contributed by atoms with E-state index in [0.717, 1.165) is 11.3 Å². The average Bonchev–Trinajstić information content (AvgIpc) is 2.65. The predicted molar refractivity (Wildman–Crippen MR) is 107 cm³/mol. The molecule has 0 bridgehead atoms. The van der Waals surface area contributed by atoms with Crippen LogP contribution in [0.4, 0.5) is 13.2 Å². The number of carbonyl (C=O) groups is 4. The smallest absolute Gasteiger partial charge is 0.481 e. The number of halogens is 3. The first kappa shape index (κ1) is 27.6. The number of hydrogen-bond donors (Lipinski definition) is 4. The van der Waals surface area contributed by atoms with Crippen LogP contribution in [-0.4, -0.2) is 58.2 Å². The van der Waals surface area contributed by atoms with Crippen molar-refractivity contribution in [3.63, 3.8) is 0 Å². The van der Waals surface area contributed by atoms with Crippen molar-refractivity contribution in [1.82, 2.24) is 10.6 Å². The lowest BCUT2D eigenvalue weighted by Gasteiger charge is -2.06. The summed E-state index contributed by atoms with van der Waals surface area (Å²) >= 11 is 0. The van der Waals surface area contributed by atoms with E-state index in [1.165, 1.54) is 17.7 Å². The summed E-state index contributed by atoms with van der Waals surface area (Å²) in [5.74, 6) is -2.51. The fourth-order valence-electron chi connectivity index (χ4n) is 1.56. The minimum atomic E-state index is -5.08. The van der Waals surface area contributed by atoms with E-state index in [-0.39, 0.29) is 18.2 Å². The minimum absolute atomic E-state index is 0.0921. The number of alkyl halides is 3. The van der Waals surface area contributed by atoms with Crippen LogP contribution < -0.4 is 10.6 Å². The molecule has 1 aromatic rings. The number of rotatable bonds is 10. The van der Waals surface area contributed by atoms with Gasteiger partial charge in [0, 0.05) is 37.1 Å². The Morgan fingerprint density at radius 3 is 1.97 bits per heavy atom. The van der Waals surface area contributed by atoms with Crippen LogP contribution in [0, 0.1) is 0 Å². The van der Waals surface area contributed by atoms with Gasteiger partial charge in [0.05, 0.1) is 6.42 Å². The monoisotopic (exact) mass is 470 g/mol. The summed E-state index contributed by atoms with van der Waals surface area (Å²) in [7, 11) is 3.03. The first-order valence-corrected chi connectivity index (χ1v) is 10.8. The van der Waals surface area contributed by atoms with E-state index in [2.05, 4.69) is 10.6 Å². The number of amides is 2. The first-order chi connectivity index (χ1) is 13.9. The van der Waals surface area contributed by atoms with Crippen molar-refractivity contribution < 1.29 is 42.6 Å². The predicted octanol–water partition coefficient (Wildman–Crippen LogP) is 2.54. The van der Waals surface area contributed by atoms with Crippen molar-refractivity contribution in [2.24, 2.45) is 0 Å². The lowest BCUT2D eigenvalue weighted by molar-refractivity contribution is -0.192. The van der Waals surface area contributed by atoms with Crippen molar-refractivity contribution in [2.45, 2.75) is 26.1 Å². The molecule has 168 valence electrons. The molecule has 4 N–H and O–H groups in total. The van der Waals surface area contributed by atoms with Gasteiger partial charge in [0.25, 0.3) is 5.91 Å². The zero-order valence-corrected chi connectivity index (χ0v) is 17.5. The van der Waals surface area contributed by atoms with E-state index in [1.807, 2.05) is 0 Å². The van der Waals surface area contributed by atoms with Crippen LogP contribution in [0.15, 0.2) is 24.3 Å². The van der Waals surface area contributed by atoms with Crippen LogP contribution in [0.3, 0.4) is 0 Å². The van der Waals surface area contributed by atoms with Crippen molar-refractivity contribution >= 4 is 45.3 Å². The molecular weight excluding hydrogens is 449 g/mol. The number of benzene rings is 1. The Balaban J connectivity index is 0.00000103. The molecule has 1 rings (SSSR count). The Morgan fingerprint density at radius 2 is 1.50 bits per heavy atom. The third kappa shape index (κ3) is 14.6. The second-order valence-corrected chi connectivity index (χ2v) is 8.16. The molecule has 2 amide bonds. The lowest BCUT2D eigenvalue weighted by atomic mass is 10.1. The third-order valence-corrected chi connectivity index (χ3v) is 5.36. The van der Waals surface area contributed by atoms with Crippen LogP contribution >= 0.6 is 21.6 Å². The summed E-state index contributed by atoms with van der Waals surface area (Å²) in [6.45, 7) is 2.43. The second-order valence-electron chi connectivity index (χ2n) is 5.45. The number of carboxylic acids is 2. The van der Waals surface area contributed by atoms with Gasteiger partial charge in [0.2, 0.25) is 5.91 Å². The standard InChI is InChI=1S/C15H20N2O4S2.C2HF3O2/c1-11(18)17-10-12-2-4-13(5-3-12)15(21)16-7-9-23-22-8-6-14(19)20;3-2(4,5)1(6)7/h2-5H,6-10H2,1H3,(H,16,21)(H,17,18)(H,19,20);(H,6,7). The molecule has 0 radical (unpaired) electrons. The zero-order valence-electron chi connectivity index (χ0n) is 15.8. The Morgan fingerprint density at radius 1 is 0.967 bits per heavy atom. The van der Waals surface area contributed by atoms with Gasteiger partial charge in [-0.1, -0.05) is 33.7 Å². The summed E-state index contributed by atoms with van der Waals surface area (Å²) in [5, 5.41) is 21.1. The van der Waals surface area contributed by atoms with Crippen LogP contribution in [0.2, 0.25) is 0 Å². The third-order valence-electron chi connectivity index (χ3n) is 2.95. The van der Waals surface area contributed by atoms with Crippen LogP contribution in [0.5, 0.6) is 0 Å². The van der Waals surface area contributed by atoms with Gasteiger partial charge in [-0.15, -0.1) is 0 Å². The van der Waals surface area contributed by atoms with Gasteiger partial charge in [-0.3, -0.25) is 14.4 Å². The fourth-order valence-corrected chi connectivity index (χ4v) is 3.44. The number of hydrogen-bond acceptors (Lipinski definition) is 6. The first-order valence-electron chi connectivity index (χ1n) is 8.31. The molecule has 0 aliphatic rings. The molecule has 0 spiro atoms. The van der Waals surface area contributed by atoms with Crippen LogP contribution in [-0.2, 0) is 20.9 Å². The van der Waals surface area contributed by atoms with Gasteiger partial charge >= 0.3 is 18.1 Å². The van der Waals surface area contributed by atoms with Crippen LogP contribution in [0.25, 0.3) is 0 Å². The van der Waals surface area contributed by atoms with E-state index in [9.17, 15) is 27.6 Å². The molecule has 30 heavy (non-hydrogen) atoms. The SMILES string of the molecule is CC(=O)NCc1ccc(C(=O)NCCSSCCC(=O)O)cc1.O=C(O)C(F)(F)F. The van der Waals surface area contributed by atoms with Gasteiger partial charge < -0.3 is 20.8 Å². The molecule has 8 nitrogen and oxygen atoms in total. The zero-order chi connectivity index (χ0) is 23.2. The van der Waals surface area contributed by atoms with Crippen LogP contribution in [0.1, 0.15) is 29.3 Å². The molecule has 0 unspecified atom stereocenters. The molecule has 0 aromatic heterocycles. The maximum Gasteiger partial charge on any atom is 0.490 e. The fraction of sp³-hybridized carbons (Fsp3) is 0.412. The molecule has 0 aliphatic heterocycles. The van der Waals surface area contributed by atoms with Crippen molar-refractivity contribution in [2.75, 3.05) is 18.1 Å². The maximum absolute atomic E-state index is 11.9. The largest absolute Gasteiger partial charge is 0.490 e. The van der Waals surface area contributed by atoms with Crippen molar-refractivity contribution in [3.8, 4) is 0 Å². The summed E-state index contributed by atoms with van der Waals surface area (Å²) in [4.78, 5) is 42.0. The highest BCUT2D eigenvalue weighted by Crippen LogP contribution is 2.21. The summed E-state index contributed by atoms with van der Waals surface area (Å²) in [6, 6.07) is 7.06. The summed E-state index contributed by atoms with van der Waals surface area (Å²) < 4.78 is 31.7. The Bertz CT molecular complexity index is 714. The van der Waals surface area contributed by atoms with E-state index in [4.69, 9.17) is 15.0 Å². The molecule has 1 aromatic carbocycles.